The Morgan fingerprint density at radius 1 is 1.35 bits per heavy atom. The Labute approximate surface area is 114 Å². The maximum absolute atomic E-state index is 5.97. The Bertz CT molecular complexity index is 529. The first-order valence-electron chi connectivity index (χ1n) is 5.26. The molecule has 0 saturated carbocycles. The van der Waals surface area contributed by atoms with E-state index < -0.39 is 0 Å². The van der Waals surface area contributed by atoms with Crippen molar-refractivity contribution in [3.8, 4) is 0 Å². The van der Waals surface area contributed by atoms with Crippen molar-refractivity contribution >= 4 is 33.2 Å². The lowest BCUT2D eigenvalue weighted by molar-refractivity contribution is 1.10. The molecule has 1 aromatic carbocycles. The van der Waals surface area contributed by atoms with E-state index in [1.54, 1.807) is 6.20 Å². The van der Waals surface area contributed by atoms with Gasteiger partial charge in [-0.05, 0) is 42.8 Å². The summed E-state index contributed by atoms with van der Waals surface area (Å²) in [4.78, 5) is 4.23. The summed E-state index contributed by atoms with van der Waals surface area (Å²) in [6.45, 7) is 2.70. The standard InChI is InChI=1S/C13H12BrClN2/c1-9-13(3-2-6-16-9)17-8-10-7-11(15)4-5-12(10)14/h2-7,17H,8H2,1H3. The summed E-state index contributed by atoms with van der Waals surface area (Å²) in [7, 11) is 0. The van der Waals surface area contributed by atoms with Gasteiger partial charge >= 0.3 is 0 Å². The molecule has 4 heteroatoms. The number of hydrogen-bond acceptors (Lipinski definition) is 2. The maximum atomic E-state index is 5.97. The summed E-state index contributed by atoms with van der Waals surface area (Å²) in [5.41, 5.74) is 3.16. The Balaban J connectivity index is 2.12. The first-order chi connectivity index (χ1) is 8.16. The monoisotopic (exact) mass is 310 g/mol. The minimum Gasteiger partial charge on any atom is -0.379 e. The lowest BCUT2D eigenvalue weighted by Gasteiger charge is -2.10. The van der Waals surface area contributed by atoms with Gasteiger partial charge in [-0.2, -0.15) is 0 Å². The molecule has 0 saturated heterocycles. The predicted molar refractivity (Wildman–Crippen MR) is 75.5 cm³/mol. The summed E-state index contributed by atoms with van der Waals surface area (Å²) in [5.74, 6) is 0. The zero-order chi connectivity index (χ0) is 12.3. The van der Waals surface area contributed by atoms with E-state index >= 15 is 0 Å². The number of benzene rings is 1. The number of halogens is 2. The molecule has 0 radical (unpaired) electrons. The Morgan fingerprint density at radius 3 is 2.94 bits per heavy atom. The molecule has 2 rings (SSSR count). The van der Waals surface area contributed by atoms with Crippen molar-refractivity contribution < 1.29 is 0 Å². The Kier molecular flexibility index (Phi) is 4.02. The molecule has 0 fully saturated rings. The van der Waals surface area contributed by atoms with E-state index in [2.05, 4.69) is 26.2 Å². The molecule has 0 bridgehead atoms. The average molecular weight is 312 g/mol. The van der Waals surface area contributed by atoms with Crippen LogP contribution in [0.25, 0.3) is 0 Å². The molecule has 0 spiro atoms. The molecule has 0 aliphatic heterocycles. The fraction of sp³-hybridized carbons (Fsp3) is 0.154. The number of aromatic nitrogens is 1. The molecular formula is C13H12BrClN2. The molecule has 0 unspecified atom stereocenters. The van der Waals surface area contributed by atoms with Gasteiger partial charge in [-0.1, -0.05) is 27.5 Å². The Hall–Kier alpha value is -1.06. The van der Waals surface area contributed by atoms with Gasteiger partial charge in [-0.25, -0.2) is 0 Å². The van der Waals surface area contributed by atoms with E-state index in [0.717, 1.165) is 26.4 Å². The molecule has 0 atom stereocenters. The maximum Gasteiger partial charge on any atom is 0.0603 e. The van der Waals surface area contributed by atoms with Crippen LogP contribution in [0.15, 0.2) is 41.0 Å². The van der Waals surface area contributed by atoms with Crippen molar-refractivity contribution in [3.05, 3.63) is 57.3 Å². The van der Waals surface area contributed by atoms with E-state index in [1.807, 2.05) is 37.3 Å². The number of anilines is 1. The molecule has 1 N–H and O–H groups in total. The molecule has 1 heterocycles. The molecule has 0 aliphatic rings. The van der Waals surface area contributed by atoms with Crippen LogP contribution in [0.4, 0.5) is 5.69 Å². The number of nitrogens with one attached hydrogen (secondary N) is 1. The van der Waals surface area contributed by atoms with Gasteiger partial charge in [0, 0.05) is 22.2 Å². The predicted octanol–water partition coefficient (Wildman–Crippen LogP) is 4.42. The van der Waals surface area contributed by atoms with Gasteiger partial charge in [0.25, 0.3) is 0 Å². The second-order valence-corrected chi connectivity index (χ2v) is 5.02. The topological polar surface area (TPSA) is 24.9 Å². The van der Waals surface area contributed by atoms with Crippen molar-refractivity contribution in [2.45, 2.75) is 13.5 Å². The summed E-state index contributed by atoms with van der Waals surface area (Å²) >= 11 is 9.48. The second-order valence-electron chi connectivity index (χ2n) is 3.73. The highest BCUT2D eigenvalue weighted by Gasteiger charge is 2.02. The van der Waals surface area contributed by atoms with Crippen molar-refractivity contribution in [3.63, 3.8) is 0 Å². The van der Waals surface area contributed by atoms with Crippen LogP contribution in [0.3, 0.4) is 0 Å². The van der Waals surface area contributed by atoms with E-state index in [0.29, 0.717) is 6.54 Å². The zero-order valence-electron chi connectivity index (χ0n) is 9.37. The quantitative estimate of drug-likeness (QED) is 0.907. The molecule has 2 aromatic rings. The lowest BCUT2D eigenvalue weighted by atomic mass is 10.2. The van der Waals surface area contributed by atoms with E-state index in [-0.39, 0.29) is 0 Å². The van der Waals surface area contributed by atoms with Crippen LogP contribution in [0.5, 0.6) is 0 Å². The minimum absolute atomic E-state index is 0.716. The molecule has 0 amide bonds. The highest BCUT2D eigenvalue weighted by molar-refractivity contribution is 9.10. The molecule has 17 heavy (non-hydrogen) atoms. The molecule has 0 aliphatic carbocycles. The Morgan fingerprint density at radius 2 is 2.18 bits per heavy atom. The third kappa shape index (κ3) is 3.20. The van der Waals surface area contributed by atoms with Gasteiger partial charge < -0.3 is 5.32 Å². The van der Waals surface area contributed by atoms with Crippen LogP contribution < -0.4 is 5.32 Å². The summed E-state index contributed by atoms with van der Waals surface area (Å²) in [6, 6.07) is 9.70. The van der Waals surface area contributed by atoms with Crippen molar-refractivity contribution in [2.24, 2.45) is 0 Å². The number of pyridine rings is 1. The molecule has 1 aromatic heterocycles. The third-order valence-corrected chi connectivity index (χ3v) is 3.49. The van der Waals surface area contributed by atoms with Gasteiger partial charge in [-0.3, -0.25) is 4.98 Å². The summed E-state index contributed by atoms with van der Waals surface area (Å²) in [5, 5.41) is 4.09. The largest absolute Gasteiger partial charge is 0.379 e. The molecular weight excluding hydrogens is 300 g/mol. The highest BCUT2D eigenvalue weighted by atomic mass is 79.9. The number of rotatable bonds is 3. The van der Waals surface area contributed by atoms with Gasteiger partial charge in [0.1, 0.15) is 0 Å². The highest BCUT2D eigenvalue weighted by Crippen LogP contribution is 2.22. The zero-order valence-corrected chi connectivity index (χ0v) is 11.7. The fourth-order valence-corrected chi connectivity index (χ4v) is 2.12. The smallest absolute Gasteiger partial charge is 0.0603 e. The van der Waals surface area contributed by atoms with E-state index in [4.69, 9.17) is 11.6 Å². The van der Waals surface area contributed by atoms with Crippen LogP contribution in [0, 0.1) is 6.92 Å². The average Bonchev–Trinajstić information content (AvgIpc) is 2.32. The van der Waals surface area contributed by atoms with Gasteiger partial charge in [0.2, 0.25) is 0 Å². The first-order valence-corrected chi connectivity index (χ1v) is 6.43. The molecule has 88 valence electrons. The number of hydrogen-bond donors (Lipinski definition) is 1. The van der Waals surface area contributed by atoms with E-state index in [1.165, 1.54) is 0 Å². The second kappa shape index (κ2) is 5.52. The molecule has 2 nitrogen and oxygen atoms in total. The van der Waals surface area contributed by atoms with Crippen LogP contribution in [-0.4, -0.2) is 4.98 Å². The SMILES string of the molecule is Cc1ncccc1NCc1cc(Cl)ccc1Br. The van der Waals surface area contributed by atoms with Gasteiger partial charge in [0.05, 0.1) is 11.4 Å². The van der Waals surface area contributed by atoms with Gasteiger partial charge in [-0.15, -0.1) is 0 Å². The van der Waals surface area contributed by atoms with Crippen LogP contribution in [0.1, 0.15) is 11.3 Å². The fourth-order valence-electron chi connectivity index (χ4n) is 1.54. The van der Waals surface area contributed by atoms with Crippen molar-refractivity contribution in [1.82, 2.24) is 4.98 Å². The summed E-state index contributed by atoms with van der Waals surface area (Å²) in [6.07, 6.45) is 1.79. The van der Waals surface area contributed by atoms with Crippen LogP contribution >= 0.6 is 27.5 Å². The van der Waals surface area contributed by atoms with Crippen LogP contribution in [-0.2, 0) is 6.54 Å². The minimum atomic E-state index is 0.716. The van der Waals surface area contributed by atoms with Crippen LogP contribution in [0.2, 0.25) is 5.02 Å². The number of nitrogens with zero attached hydrogens (tertiary/aromatic N) is 1. The van der Waals surface area contributed by atoms with E-state index in [9.17, 15) is 0 Å². The first kappa shape index (κ1) is 12.4. The van der Waals surface area contributed by atoms with Gasteiger partial charge in [0.15, 0.2) is 0 Å². The lowest BCUT2D eigenvalue weighted by Crippen LogP contribution is -2.02. The number of aryl methyl sites for hydroxylation is 1. The van der Waals surface area contributed by atoms with Crippen molar-refractivity contribution in [1.29, 1.82) is 0 Å². The summed E-state index contributed by atoms with van der Waals surface area (Å²) < 4.78 is 1.05. The third-order valence-electron chi connectivity index (χ3n) is 2.48. The van der Waals surface area contributed by atoms with Crippen molar-refractivity contribution in [2.75, 3.05) is 5.32 Å². The normalized spacial score (nSPS) is 10.3.